The Morgan fingerprint density at radius 3 is 2.31 bits per heavy atom. The highest BCUT2D eigenvalue weighted by molar-refractivity contribution is 6.07. The lowest BCUT2D eigenvalue weighted by atomic mass is 9.87. The minimum atomic E-state index is -0.276. The predicted molar refractivity (Wildman–Crippen MR) is 128 cm³/mol. The van der Waals surface area contributed by atoms with Crippen molar-refractivity contribution in [3.8, 4) is 0 Å². The molecule has 2 aromatic rings. The van der Waals surface area contributed by atoms with Gasteiger partial charge in [-0.3, -0.25) is 4.79 Å². The molecule has 6 heteroatoms. The second-order valence-electron chi connectivity index (χ2n) is 9.58. The maximum Gasteiger partial charge on any atom is 0.293 e. The number of morpholine rings is 1. The SMILES string of the molecule is CN1CCN(c2c(F)cccc2/C=C2/OCCN(c3ccc(C(C)(C)C)cc3)C2=O)CC1. The molecule has 2 heterocycles. The topological polar surface area (TPSA) is 36.0 Å². The summed E-state index contributed by atoms with van der Waals surface area (Å²) < 4.78 is 20.6. The van der Waals surface area contributed by atoms with E-state index in [4.69, 9.17) is 4.74 Å². The third kappa shape index (κ3) is 4.65. The zero-order valence-electron chi connectivity index (χ0n) is 19.4. The van der Waals surface area contributed by atoms with E-state index in [1.54, 1.807) is 17.0 Å². The first kappa shape index (κ1) is 22.3. The molecular formula is C26H32FN3O2. The molecule has 1 amide bonds. The number of hydrogen-bond acceptors (Lipinski definition) is 4. The van der Waals surface area contributed by atoms with Gasteiger partial charge in [0.05, 0.1) is 12.2 Å². The molecule has 2 saturated heterocycles. The normalized spacial score (nSPS) is 19.4. The molecule has 5 nitrogen and oxygen atoms in total. The second kappa shape index (κ2) is 8.94. The van der Waals surface area contributed by atoms with Crippen molar-refractivity contribution in [1.29, 1.82) is 0 Å². The fourth-order valence-corrected chi connectivity index (χ4v) is 4.19. The number of rotatable bonds is 3. The van der Waals surface area contributed by atoms with E-state index in [9.17, 15) is 9.18 Å². The maximum atomic E-state index is 14.8. The van der Waals surface area contributed by atoms with Crippen LogP contribution in [0.5, 0.6) is 0 Å². The molecular weight excluding hydrogens is 405 g/mol. The zero-order chi connectivity index (χ0) is 22.9. The van der Waals surface area contributed by atoms with Crippen LogP contribution >= 0.6 is 0 Å². The number of likely N-dealkylation sites (N-methyl/N-ethyl adjacent to an activating group) is 1. The molecule has 0 radical (unpaired) electrons. The van der Waals surface area contributed by atoms with Crippen molar-refractivity contribution in [1.82, 2.24) is 4.90 Å². The van der Waals surface area contributed by atoms with E-state index in [1.165, 1.54) is 11.6 Å². The van der Waals surface area contributed by atoms with Gasteiger partial charge in [-0.2, -0.15) is 0 Å². The van der Waals surface area contributed by atoms with Crippen LogP contribution in [0.3, 0.4) is 0 Å². The van der Waals surface area contributed by atoms with Gasteiger partial charge < -0.3 is 19.4 Å². The fourth-order valence-electron chi connectivity index (χ4n) is 4.19. The number of benzene rings is 2. The highest BCUT2D eigenvalue weighted by Crippen LogP contribution is 2.30. The number of carbonyl (C=O) groups excluding carboxylic acids is 1. The number of halogens is 1. The summed E-state index contributed by atoms with van der Waals surface area (Å²) in [6.45, 7) is 10.6. The molecule has 4 rings (SSSR count). The molecule has 0 aliphatic carbocycles. The smallest absolute Gasteiger partial charge is 0.293 e. The number of piperazine rings is 1. The number of para-hydroxylation sites is 1. The summed E-state index contributed by atoms with van der Waals surface area (Å²) in [5.74, 6) is -0.229. The lowest BCUT2D eigenvalue weighted by molar-refractivity contribution is -0.120. The third-order valence-corrected chi connectivity index (χ3v) is 6.20. The molecule has 2 aromatic carbocycles. The quantitative estimate of drug-likeness (QED) is 0.672. The fraction of sp³-hybridized carbons (Fsp3) is 0.423. The highest BCUT2D eigenvalue weighted by atomic mass is 19.1. The van der Waals surface area contributed by atoms with Crippen molar-refractivity contribution in [3.05, 3.63) is 65.2 Å². The number of amides is 1. The standard InChI is InChI=1S/C26H32FN3O2/c1-26(2,3)20-8-10-21(11-9-20)30-16-17-32-23(25(30)31)18-19-6-5-7-22(27)24(19)29-14-12-28(4)13-15-29/h5-11,18H,12-17H2,1-4H3/b23-18+. The predicted octanol–water partition coefficient (Wildman–Crippen LogP) is 4.28. The summed E-state index contributed by atoms with van der Waals surface area (Å²) in [7, 11) is 2.07. The Kier molecular flexibility index (Phi) is 6.24. The average Bonchev–Trinajstić information content (AvgIpc) is 2.76. The average molecular weight is 438 g/mol. The minimum Gasteiger partial charge on any atom is -0.486 e. The number of ether oxygens (including phenoxy) is 1. The molecule has 0 N–H and O–H groups in total. The molecule has 32 heavy (non-hydrogen) atoms. The van der Waals surface area contributed by atoms with Gasteiger partial charge in [-0.25, -0.2) is 4.39 Å². The van der Waals surface area contributed by atoms with E-state index in [0.29, 0.717) is 24.4 Å². The van der Waals surface area contributed by atoms with Crippen molar-refractivity contribution < 1.29 is 13.9 Å². The summed E-state index contributed by atoms with van der Waals surface area (Å²) in [4.78, 5) is 19.3. The Hall–Kier alpha value is -2.86. The lowest BCUT2D eigenvalue weighted by Gasteiger charge is -2.35. The van der Waals surface area contributed by atoms with Crippen molar-refractivity contribution in [2.45, 2.75) is 26.2 Å². The second-order valence-corrected chi connectivity index (χ2v) is 9.58. The molecule has 0 atom stereocenters. The summed E-state index contributed by atoms with van der Waals surface area (Å²) in [5, 5.41) is 0. The third-order valence-electron chi connectivity index (χ3n) is 6.20. The van der Waals surface area contributed by atoms with Crippen molar-refractivity contribution in [2.24, 2.45) is 0 Å². The number of anilines is 2. The first-order valence-electron chi connectivity index (χ1n) is 11.2. The van der Waals surface area contributed by atoms with Gasteiger partial charge in [-0.1, -0.05) is 45.0 Å². The van der Waals surface area contributed by atoms with Crippen molar-refractivity contribution >= 4 is 23.4 Å². The van der Waals surface area contributed by atoms with Crippen LogP contribution in [0.1, 0.15) is 31.9 Å². The van der Waals surface area contributed by atoms with Gasteiger partial charge in [-0.05, 0) is 42.3 Å². The number of carbonyl (C=O) groups is 1. The van der Waals surface area contributed by atoms with E-state index in [0.717, 1.165) is 31.9 Å². The molecule has 0 spiro atoms. The molecule has 0 unspecified atom stereocenters. The summed E-state index contributed by atoms with van der Waals surface area (Å²) >= 11 is 0. The van der Waals surface area contributed by atoms with Crippen LogP contribution in [0.4, 0.5) is 15.8 Å². The van der Waals surface area contributed by atoms with Crippen molar-refractivity contribution in [2.75, 3.05) is 56.2 Å². The van der Waals surface area contributed by atoms with E-state index < -0.39 is 0 Å². The van der Waals surface area contributed by atoms with Crippen LogP contribution < -0.4 is 9.80 Å². The van der Waals surface area contributed by atoms with Gasteiger partial charge in [0.25, 0.3) is 5.91 Å². The number of nitrogens with zero attached hydrogens (tertiary/aromatic N) is 3. The van der Waals surface area contributed by atoms with E-state index >= 15 is 0 Å². The Bertz CT molecular complexity index is 1000. The molecule has 0 bridgehead atoms. The monoisotopic (exact) mass is 437 g/mol. The largest absolute Gasteiger partial charge is 0.486 e. The van der Waals surface area contributed by atoms with Gasteiger partial charge in [0.1, 0.15) is 12.4 Å². The van der Waals surface area contributed by atoms with Crippen LogP contribution in [0.25, 0.3) is 6.08 Å². The van der Waals surface area contributed by atoms with Gasteiger partial charge in [0, 0.05) is 37.4 Å². The molecule has 2 aliphatic rings. The van der Waals surface area contributed by atoms with Gasteiger partial charge in [0.2, 0.25) is 0 Å². The van der Waals surface area contributed by atoms with Gasteiger partial charge in [0.15, 0.2) is 5.76 Å². The van der Waals surface area contributed by atoms with Crippen LogP contribution in [-0.4, -0.2) is 57.2 Å². The molecule has 2 fully saturated rings. The Balaban J connectivity index is 1.61. The summed E-state index contributed by atoms with van der Waals surface area (Å²) in [6.07, 6.45) is 1.69. The Morgan fingerprint density at radius 2 is 1.66 bits per heavy atom. The Labute approximate surface area is 190 Å². The summed E-state index contributed by atoms with van der Waals surface area (Å²) in [6, 6.07) is 13.1. The first-order chi connectivity index (χ1) is 15.2. The van der Waals surface area contributed by atoms with E-state index in [1.807, 2.05) is 18.2 Å². The molecule has 0 saturated carbocycles. The Morgan fingerprint density at radius 1 is 0.969 bits per heavy atom. The van der Waals surface area contributed by atoms with Crippen LogP contribution in [0, 0.1) is 5.82 Å². The summed E-state index contributed by atoms with van der Waals surface area (Å²) in [5.41, 5.74) is 3.32. The van der Waals surface area contributed by atoms with Gasteiger partial charge in [-0.15, -0.1) is 0 Å². The zero-order valence-corrected chi connectivity index (χ0v) is 19.4. The lowest BCUT2D eigenvalue weighted by Crippen LogP contribution is -2.45. The highest BCUT2D eigenvalue weighted by Gasteiger charge is 2.28. The van der Waals surface area contributed by atoms with Crippen LogP contribution in [-0.2, 0) is 14.9 Å². The number of hydrogen-bond donors (Lipinski definition) is 0. The molecule has 170 valence electrons. The molecule has 0 aromatic heterocycles. The maximum absolute atomic E-state index is 14.8. The first-order valence-corrected chi connectivity index (χ1v) is 11.2. The van der Waals surface area contributed by atoms with Gasteiger partial charge >= 0.3 is 0 Å². The van der Waals surface area contributed by atoms with E-state index in [2.05, 4.69) is 49.8 Å². The minimum absolute atomic E-state index is 0.0512. The molecule has 2 aliphatic heterocycles. The van der Waals surface area contributed by atoms with E-state index in [-0.39, 0.29) is 22.9 Å². The van der Waals surface area contributed by atoms with Crippen LogP contribution in [0.2, 0.25) is 0 Å². The van der Waals surface area contributed by atoms with Crippen molar-refractivity contribution in [3.63, 3.8) is 0 Å². The van der Waals surface area contributed by atoms with Crippen LogP contribution in [0.15, 0.2) is 48.2 Å².